The minimum absolute atomic E-state index is 0.0432. The number of piperidine rings is 1. The lowest BCUT2D eigenvalue weighted by Gasteiger charge is -2.42. The van der Waals surface area contributed by atoms with E-state index < -0.39 is 0 Å². The number of H-pyrrole nitrogens is 1. The van der Waals surface area contributed by atoms with Gasteiger partial charge in [0, 0.05) is 55.3 Å². The number of rotatable bonds is 4. The van der Waals surface area contributed by atoms with Crippen LogP contribution < -0.4 is 0 Å². The van der Waals surface area contributed by atoms with Gasteiger partial charge < -0.3 is 14.5 Å². The Morgan fingerprint density at radius 2 is 1.62 bits per heavy atom. The molecule has 2 aromatic carbocycles. The lowest BCUT2D eigenvalue weighted by molar-refractivity contribution is 0.0394. The zero-order valence-corrected chi connectivity index (χ0v) is 20.4. The SMILES string of the molecule is O=C(OCc1ccc(Br)cc1)N1CCN(C2CCN(C(=O)c3ccc4n[nH]nc4c3)CC2)CC1. The maximum Gasteiger partial charge on any atom is 0.410 e. The number of ether oxygens (including phenoxy) is 1. The molecule has 10 heteroatoms. The Morgan fingerprint density at radius 1 is 0.912 bits per heavy atom. The summed E-state index contributed by atoms with van der Waals surface area (Å²) in [5.74, 6) is 0.0432. The first kappa shape index (κ1) is 22.8. The maximum atomic E-state index is 12.9. The number of likely N-dealkylation sites (tertiary alicyclic amines) is 1. The molecule has 0 aliphatic carbocycles. The summed E-state index contributed by atoms with van der Waals surface area (Å²) >= 11 is 3.41. The third-order valence-electron chi connectivity index (χ3n) is 6.68. The Bertz CT molecular complexity index is 1150. The molecular formula is C24H27BrN6O3. The molecule has 0 atom stereocenters. The van der Waals surface area contributed by atoms with Crippen molar-refractivity contribution >= 4 is 39.0 Å². The summed E-state index contributed by atoms with van der Waals surface area (Å²) in [7, 11) is 0. The minimum atomic E-state index is -0.257. The number of halogens is 1. The van der Waals surface area contributed by atoms with Gasteiger partial charge in [0.25, 0.3) is 5.91 Å². The molecule has 0 spiro atoms. The Hall–Kier alpha value is -2.98. The van der Waals surface area contributed by atoms with E-state index in [1.807, 2.05) is 41.3 Å². The van der Waals surface area contributed by atoms with Crippen LogP contribution in [0.1, 0.15) is 28.8 Å². The molecule has 9 nitrogen and oxygen atoms in total. The zero-order chi connectivity index (χ0) is 23.5. The van der Waals surface area contributed by atoms with Crippen molar-refractivity contribution in [2.75, 3.05) is 39.3 Å². The van der Waals surface area contributed by atoms with Crippen molar-refractivity contribution in [3.05, 3.63) is 58.1 Å². The van der Waals surface area contributed by atoms with Crippen LogP contribution in [0.5, 0.6) is 0 Å². The number of benzene rings is 2. The molecule has 1 N–H and O–H groups in total. The molecule has 5 rings (SSSR count). The van der Waals surface area contributed by atoms with Gasteiger partial charge >= 0.3 is 6.09 Å². The Morgan fingerprint density at radius 3 is 2.35 bits per heavy atom. The summed E-state index contributed by atoms with van der Waals surface area (Å²) in [5, 5.41) is 10.7. The van der Waals surface area contributed by atoms with Crippen molar-refractivity contribution < 1.29 is 14.3 Å². The maximum absolute atomic E-state index is 12.9. The van der Waals surface area contributed by atoms with Gasteiger partial charge in [0.2, 0.25) is 0 Å². The largest absolute Gasteiger partial charge is 0.445 e. The Kier molecular flexibility index (Phi) is 6.77. The molecule has 1 aromatic heterocycles. The van der Waals surface area contributed by atoms with E-state index in [9.17, 15) is 9.59 Å². The highest BCUT2D eigenvalue weighted by atomic mass is 79.9. The number of aromatic amines is 1. The number of carbonyl (C=O) groups is 2. The highest BCUT2D eigenvalue weighted by Gasteiger charge is 2.31. The van der Waals surface area contributed by atoms with Crippen molar-refractivity contribution in [1.29, 1.82) is 0 Å². The molecule has 2 aliphatic heterocycles. The molecule has 0 radical (unpaired) electrons. The number of nitrogens with one attached hydrogen (secondary N) is 1. The number of fused-ring (bicyclic) bond motifs is 1. The predicted molar refractivity (Wildman–Crippen MR) is 130 cm³/mol. The van der Waals surface area contributed by atoms with Crippen LogP contribution in [0.25, 0.3) is 11.0 Å². The summed E-state index contributed by atoms with van der Waals surface area (Å²) < 4.78 is 6.49. The second-order valence-corrected chi connectivity index (χ2v) is 9.67. The monoisotopic (exact) mass is 526 g/mol. The van der Waals surface area contributed by atoms with Gasteiger partial charge in [-0.1, -0.05) is 28.1 Å². The normalized spacial score (nSPS) is 17.8. The molecule has 34 heavy (non-hydrogen) atoms. The molecule has 2 aliphatic rings. The second kappa shape index (κ2) is 10.1. The number of piperazine rings is 1. The van der Waals surface area contributed by atoms with E-state index in [0.717, 1.165) is 54.6 Å². The first-order valence-electron chi connectivity index (χ1n) is 11.6. The number of nitrogens with zero attached hydrogens (tertiary/aromatic N) is 5. The number of hydrogen-bond donors (Lipinski definition) is 1. The number of carbonyl (C=O) groups excluding carboxylic acids is 2. The van der Waals surface area contributed by atoms with Crippen molar-refractivity contribution in [2.45, 2.75) is 25.5 Å². The van der Waals surface area contributed by atoms with Gasteiger partial charge in [0.1, 0.15) is 17.6 Å². The predicted octanol–water partition coefficient (Wildman–Crippen LogP) is 3.28. The zero-order valence-electron chi connectivity index (χ0n) is 18.8. The second-order valence-electron chi connectivity index (χ2n) is 8.75. The lowest BCUT2D eigenvalue weighted by Crippen LogP contribution is -2.54. The van der Waals surface area contributed by atoms with Crippen LogP contribution in [-0.2, 0) is 11.3 Å². The van der Waals surface area contributed by atoms with Crippen LogP contribution in [0, 0.1) is 0 Å². The number of amides is 2. The summed E-state index contributed by atoms with van der Waals surface area (Å²) in [4.78, 5) is 31.6. The van der Waals surface area contributed by atoms with E-state index >= 15 is 0 Å². The van der Waals surface area contributed by atoms with Crippen molar-refractivity contribution in [1.82, 2.24) is 30.1 Å². The molecule has 3 aromatic rings. The third kappa shape index (κ3) is 5.07. The van der Waals surface area contributed by atoms with Crippen molar-refractivity contribution in [3.63, 3.8) is 0 Å². The fourth-order valence-electron chi connectivity index (χ4n) is 4.68. The topological polar surface area (TPSA) is 94.7 Å². The van der Waals surface area contributed by atoms with Gasteiger partial charge in [-0.3, -0.25) is 9.69 Å². The molecule has 0 bridgehead atoms. The van der Waals surface area contributed by atoms with E-state index in [0.29, 0.717) is 30.2 Å². The van der Waals surface area contributed by atoms with Crippen molar-refractivity contribution in [2.24, 2.45) is 0 Å². The quantitative estimate of drug-likeness (QED) is 0.560. The standard InChI is InChI=1S/C24H27BrN6O3/c25-19-4-1-17(2-5-19)16-34-24(33)31-13-11-29(12-14-31)20-7-9-30(10-8-20)23(32)18-3-6-21-22(15-18)27-28-26-21/h1-6,15,20H,7-14,16H2,(H,26,27,28). The van der Waals surface area contributed by atoms with Gasteiger partial charge in [-0.2, -0.15) is 15.4 Å². The molecule has 178 valence electrons. The van der Waals surface area contributed by atoms with Gasteiger partial charge in [0.15, 0.2) is 0 Å². The average molecular weight is 527 g/mol. The molecule has 3 heterocycles. The van der Waals surface area contributed by atoms with Crippen molar-refractivity contribution in [3.8, 4) is 0 Å². The summed E-state index contributed by atoms with van der Waals surface area (Å²) in [5.41, 5.74) is 3.08. The van der Waals surface area contributed by atoms with Gasteiger partial charge in [-0.25, -0.2) is 4.79 Å². The Balaban J connectivity index is 1.07. The smallest absolute Gasteiger partial charge is 0.410 e. The average Bonchev–Trinajstić information content (AvgIpc) is 3.36. The molecule has 2 saturated heterocycles. The Labute approximate surface area is 206 Å². The molecule has 0 unspecified atom stereocenters. The van der Waals surface area contributed by atoms with E-state index in [4.69, 9.17) is 4.74 Å². The van der Waals surface area contributed by atoms with Crippen LogP contribution >= 0.6 is 15.9 Å². The molecular weight excluding hydrogens is 500 g/mol. The summed E-state index contributed by atoms with van der Waals surface area (Å²) in [6.07, 6.45) is 1.62. The fourth-order valence-corrected chi connectivity index (χ4v) is 4.94. The third-order valence-corrected chi connectivity index (χ3v) is 7.21. The van der Waals surface area contributed by atoms with Crippen LogP contribution in [0.4, 0.5) is 4.79 Å². The van der Waals surface area contributed by atoms with E-state index in [2.05, 4.69) is 36.2 Å². The van der Waals surface area contributed by atoms with Crippen LogP contribution in [0.2, 0.25) is 0 Å². The summed E-state index contributed by atoms with van der Waals surface area (Å²) in [6.45, 7) is 4.73. The molecule has 2 fully saturated rings. The van der Waals surface area contributed by atoms with Gasteiger partial charge in [0.05, 0.1) is 0 Å². The van der Waals surface area contributed by atoms with Crippen LogP contribution in [-0.4, -0.2) is 87.4 Å². The van der Waals surface area contributed by atoms with Crippen LogP contribution in [0.3, 0.4) is 0 Å². The molecule has 2 amide bonds. The fraction of sp³-hybridized carbons (Fsp3) is 0.417. The lowest BCUT2D eigenvalue weighted by atomic mass is 10.0. The van der Waals surface area contributed by atoms with Gasteiger partial charge in [-0.05, 0) is 48.7 Å². The van der Waals surface area contributed by atoms with E-state index in [1.54, 1.807) is 11.0 Å². The number of hydrogen-bond acceptors (Lipinski definition) is 6. The highest BCUT2D eigenvalue weighted by molar-refractivity contribution is 9.10. The van der Waals surface area contributed by atoms with Crippen LogP contribution in [0.15, 0.2) is 46.9 Å². The first-order chi connectivity index (χ1) is 16.6. The van der Waals surface area contributed by atoms with E-state index in [-0.39, 0.29) is 18.6 Å². The molecule has 0 saturated carbocycles. The van der Waals surface area contributed by atoms with E-state index in [1.165, 1.54) is 0 Å². The first-order valence-corrected chi connectivity index (χ1v) is 12.4. The number of aromatic nitrogens is 3. The van der Waals surface area contributed by atoms with Gasteiger partial charge in [-0.15, -0.1) is 0 Å². The summed E-state index contributed by atoms with van der Waals surface area (Å²) in [6, 6.07) is 13.6. The highest BCUT2D eigenvalue weighted by Crippen LogP contribution is 2.21. The minimum Gasteiger partial charge on any atom is -0.445 e.